The van der Waals surface area contributed by atoms with Gasteiger partial charge in [-0.1, -0.05) is 29.3 Å². The van der Waals surface area contributed by atoms with Gasteiger partial charge in [0.1, 0.15) is 4.49 Å². The lowest BCUT2D eigenvalue weighted by Crippen LogP contribution is -1.80. The Balaban J connectivity index is 2.91. The van der Waals surface area contributed by atoms with Gasteiger partial charge in [0.05, 0.1) is 5.69 Å². The van der Waals surface area contributed by atoms with Crippen LogP contribution < -0.4 is 0 Å². The summed E-state index contributed by atoms with van der Waals surface area (Å²) in [6, 6.07) is 3.82. The fourth-order valence-corrected chi connectivity index (χ4v) is 0.900. The third kappa shape index (κ3) is 2.91. The van der Waals surface area contributed by atoms with E-state index in [0.29, 0.717) is 0 Å². The molecule has 0 radical (unpaired) electrons. The summed E-state index contributed by atoms with van der Waals surface area (Å²) in [5.41, 5.74) is 1.89. The normalized spacial score (nSPS) is 9.36. The predicted molar refractivity (Wildman–Crippen MR) is 48.7 cm³/mol. The molecule has 1 aromatic rings. The number of nitrogens with zero attached hydrogens (tertiary/aromatic N) is 1. The van der Waals surface area contributed by atoms with E-state index in [0.717, 1.165) is 11.3 Å². The summed E-state index contributed by atoms with van der Waals surface area (Å²) in [5, 5.41) is 0. The lowest BCUT2D eigenvalue weighted by atomic mass is 10.3. The molecule has 1 aromatic heterocycles. The molecule has 1 nitrogen and oxygen atoms in total. The van der Waals surface area contributed by atoms with Crippen LogP contribution in [0.2, 0.25) is 0 Å². The molecule has 0 aliphatic rings. The van der Waals surface area contributed by atoms with Crippen LogP contribution in [0.15, 0.2) is 22.8 Å². The first-order valence-electron chi connectivity index (χ1n) is 3.14. The molecule has 0 unspecified atom stereocenters. The number of rotatable bonds is 1. The standard InChI is InChI=1S/C8H7Cl2N/c1-6-2-3-7(11-5-6)4-8(9)10/h2-5H,1H3. The van der Waals surface area contributed by atoms with Gasteiger partial charge in [-0.3, -0.25) is 4.98 Å². The van der Waals surface area contributed by atoms with Crippen molar-refractivity contribution >= 4 is 29.3 Å². The van der Waals surface area contributed by atoms with E-state index in [-0.39, 0.29) is 4.49 Å². The van der Waals surface area contributed by atoms with Gasteiger partial charge in [-0.2, -0.15) is 0 Å². The predicted octanol–water partition coefficient (Wildman–Crippen LogP) is 3.17. The summed E-state index contributed by atoms with van der Waals surface area (Å²) < 4.78 is 0.223. The zero-order valence-corrected chi connectivity index (χ0v) is 7.52. The molecule has 0 spiro atoms. The molecule has 0 amide bonds. The van der Waals surface area contributed by atoms with E-state index in [4.69, 9.17) is 23.2 Å². The maximum absolute atomic E-state index is 5.44. The van der Waals surface area contributed by atoms with Crippen LogP contribution in [0.1, 0.15) is 11.3 Å². The Kier molecular flexibility index (Phi) is 2.92. The first kappa shape index (κ1) is 8.57. The van der Waals surface area contributed by atoms with Gasteiger partial charge in [0.15, 0.2) is 0 Å². The maximum atomic E-state index is 5.44. The summed E-state index contributed by atoms with van der Waals surface area (Å²) in [5.74, 6) is 0. The minimum Gasteiger partial charge on any atom is -0.257 e. The van der Waals surface area contributed by atoms with Crippen molar-refractivity contribution in [1.82, 2.24) is 4.98 Å². The summed E-state index contributed by atoms with van der Waals surface area (Å²) >= 11 is 10.9. The maximum Gasteiger partial charge on any atom is 0.108 e. The van der Waals surface area contributed by atoms with Crippen molar-refractivity contribution in [2.24, 2.45) is 0 Å². The number of hydrogen-bond donors (Lipinski definition) is 0. The van der Waals surface area contributed by atoms with Crippen LogP contribution in [-0.4, -0.2) is 4.98 Å². The fraction of sp³-hybridized carbons (Fsp3) is 0.125. The van der Waals surface area contributed by atoms with Gasteiger partial charge in [-0.25, -0.2) is 0 Å². The van der Waals surface area contributed by atoms with Crippen LogP contribution in [0, 0.1) is 6.92 Å². The Morgan fingerprint density at radius 2 is 2.18 bits per heavy atom. The largest absolute Gasteiger partial charge is 0.257 e. The van der Waals surface area contributed by atoms with Gasteiger partial charge >= 0.3 is 0 Å². The number of pyridine rings is 1. The van der Waals surface area contributed by atoms with Crippen molar-refractivity contribution in [3.8, 4) is 0 Å². The van der Waals surface area contributed by atoms with Crippen LogP contribution in [0.4, 0.5) is 0 Å². The fourth-order valence-electron chi connectivity index (χ4n) is 0.676. The van der Waals surface area contributed by atoms with E-state index in [1.165, 1.54) is 0 Å². The van der Waals surface area contributed by atoms with Gasteiger partial charge in [0.2, 0.25) is 0 Å². The van der Waals surface area contributed by atoms with E-state index in [1.54, 1.807) is 12.3 Å². The monoisotopic (exact) mass is 187 g/mol. The Morgan fingerprint density at radius 3 is 2.64 bits per heavy atom. The zero-order chi connectivity index (χ0) is 8.27. The van der Waals surface area contributed by atoms with Crippen LogP contribution in [0.3, 0.4) is 0 Å². The molecule has 0 atom stereocenters. The van der Waals surface area contributed by atoms with Crippen LogP contribution >= 0.6 is 23.2 Å². The zero-order valence-electron chi connectivity index (χ0n) is 6.01. The molecule has 0 saturated carbocycles. The molecule has 1 heterocycles. The number of halogens is 2. The lowest BCUT2D eigenvalue weighted by molar-refractivity contribution is 1.24. The number of aromatic nitrogens is 1. The van der Waals surface area contributed by atoms with Crippen molar-refractivity contribution < 1.29 is 0 Å². The summed E-state index contributed by atoms with van der Waals surface area (Å²) in [7, 11) is 0. The molecule has 0 bridgehead atoms. The molecule has 0 saturated heterocycles. The van der Waals surface area contributed by atoms with Gasteiger partial charge in [0.25, 0.3) is 0 Å². The van der Waals surface area contributed by atoms with Crippen molar-refractivity contribution in [1.29, 1.82) is 0 Å². The second-order valence-corrected chi connectivity index (χ2v) is 3.20. The highest BCUT2D eigenvalue weighted by molar-refractivity contribution is 6.57. The smallest absolute Gasteiger partial charge is 0.108 e. The number of aryl methyl sites for hydroxylation is 1. The Hall–Kier alpha value is -0.530. The topological polar surface area (TPSA) is 12.9 Å². The molecule has 3 heteroatoms. The van der Waals surface area contributed by atoms with Gasteiger partial charge in [0, 0.05) is 6.20 Å². The van der Waals surface area contributed by atoms with E-state index in [2.05, 4.69) is 4.98 Å². The van der Waals surface area contributed by atoms with Crippen molar-refractivity contribution in [3.05, 3.63) is 34.1 Å². The minimum absolute atomic E-state index is 0.223. The Labute approximate surface area is 75.7 Å². The highest BCUT2D eigenvalue weighted by Crippen LogP contribution is 2.11. The van der Waals surface area contributed by atoms with Crippen LogP contribution in [0.25, 0.3) is 6.08 Å². The van der Waals surface area contributed by atoms with Crippen LogP contribution in [0.5, 0.6) is 0 Å². The highest BCUT2D eigenvalue weighted by Gasteiger charge is 1.89. The average molecular weight is 188 g/mol. The van der Waals surface area contributed by atoms with Crippen molar-refractivity contribution in [3.63, 3.8) is 0 Å². The average Bonchev–Trinajstić information content (AvgIpc) is 1.93. The van der Waals surface area contributed by atoms with Crippen LogP contribution in [-0.2, 0) is 0 Å². The number of hydrogen-bond acceptors (Lipinski definition) is 1. The molecular weight excluding hydrogens is 181 g/mol. The minimum atomic E-state index is 0.223. The molecular formula is C8H7Cl2N. The quantitative estimate of drug-likeness (QED) is 0.659. The molecule has 58 valence electrons. The molecule has 0 aliphatic carbocycles. The Morgan fingerprint density at radius 1 is 1.45 bits per heavy atom. The molecule has 0 fully saturated rings. The van der Waals surface area contributed by atoms with E-state index >= 15 is 0 Å². The molecule has 0 aliphatic heterocycles. The SMILES string of the molecule is Cc1ccc(C=C(Cl)Cl)nc1. The third-order valence-corrected chi connectivity index (χ3v) is 1.41. The van der Waals surface area contributed by atoms with E-state index < -0.39 is 0 Å². The van der Waals surface area contributed by atoms with Gasteiger partial charge in [-0.05, 0) is 24.6 Å². The molecule has 0 N–H and O–H groups in total. The molecule has 11 heavy (non-hydrogen) atoms. The van der Waals surface area contributed by atoms with Crippen molar-refractivity contribution in [2.45, 2.75) is 6.92 Å². The van der Waals surface area contributed by atoms with E-state index in [1.807, 2.05) is 19.1 Å². The van der Waals surface area contributed by atoms with Crippen molar-refractivity contribution in [2.75, 3.05) is 0 Å². The Bertz CT molecular complexity index is 260. The second kappa shape index (κ2) is 3.74. The molecule has 1 rings (SSSR count). The second-order valence-electron chi connectivity index (χ2n) is 2.19. The van der Waals surface area contributed by atoms with E-state index in [9.17, 15) is 0 Å². The summed E-state index contributed by atoms with van der Waals surface area (Å²) in [6.45, 7) is 1.97. The first-order valence-corrected chi connectivity index (χ1v) is 3.89. The summed E-state index contributed by atoms with van der Waals surface area (Å²) in [6.07, 6.45) is 3.37. The highest BCUT2D eigenvalue weighted by atomic mass is 35.5. The lowest BCUT2D eigenvalue weighted by Gasteiger charge is -1.92. The first-order chi connectivity index (χ1) is 5.18. The third-order valence-electron chi connectivity index (χ3n) is 1.19. The molecule has 0 aromatic carbocycles. The van der Waals surface area contributed by atoms with Gasteiger partial charge in [-0.15, -0.1) is 0 Å². The summed E-state index contributed by atoms with van der Waals surface area (Å²) in [4.78, 5) is 4.07. The van der Waals surface area contributed by atoms with Gasteiger partial charge < -0.3 is 0 Å².